The van der Waals surface area contributed by atoms with E-state index in [2.05, 4.69) is 0 Å². The van der Waals surface area contributed by atoms with Crippen molar-refractivity contribution in [1.82, 2.24) is 0 Å². The van der Waals surface area contributed by atoms with Gasteiger partial charge in [0.05, 0.1) is 0 Å². The second kappa shape index (κ2) is 4.58. The van der Waals surface area contributed by atoms with Crippen molar-refractivity contribution >= 4 is 0 Å². The van der Waals surface area contributed by atoms with E-state index in [1.54, 1.807) is 0 Å². The summed E-state index contributed by atoms with van der Waals surface area (Å²) >= 11 is -6.54. The van der Waals surface area contributed by atoms with Crippen LogP contribution in [0.3, 0.4) is 0 Å². The van der Waals surface area contributed by atoms with Crippen LogP contribution >= 0.6 is 0 Å². The van der Waals surface area contributed by atoms with Gasteiger partial charge in [-0.05, 0) is 0 Å². The Labute approximate surface area is 103 Å². The summed E-state index contributed by atoms with van der Waals surface area (Å²) in [6, 6.07) is 0. The number of halogens is 12. The molecule has 0 aliphatic rings. The minimum absolute atomic E-state index is 6.08. The molecule has 0 amide bonds. The van der Waals surface area contributed by atoms with Gasteiger partial charge >= 0.3 is 102 Å². The van der Waals surface area contributed by atoms with Gasteiger partial charge in [0.2, 0.25) is 0 Å². The van der Waals surface area contributed by atoms with Crippen LogP contribution in [-0.4, -0.2) is 22.2 Å². The zero-order chi connectivity index (χ0) is 15.2. The molecule has 0 bridgehead atoms. The molecule has 106 valence electrons. The molecule has 18 heavy (non-hydrogen) atoms. The van der Waals surface area contributed by atoms with Crippen LogP contribution < -0.4 is 0 Å². The molecule has 0 saturated carbocycles. The Kier molecular flexibility index (Phi) is 4.60. The van der Waals surface area contributed by atoms with E-state index >= 15 is 0 Å². The van der Waals surface area contributed by atoms with Gasteiger partial charge in [0.1, 0.15) is 0 Å². The van der Waals surface area contributed by atoms with E-state index in [4.69, 9.17) is 0 Å². The first-order valence-electron chi connectivity index (χ1n) is 3.72. The van der Waals surface area contributed by atoms with E-state index in [0.29, 0.717) is 0 Å². The molecule has 0 radical (unpaired) electrons. The molecule has 0 spiro atoms. The quantitative estimate of drug-likeness (QED) is 0.378. The van der Waals surface area contributed by atoms with Crippen LogP contribution in [0.25, 0.3) is 0 Å². The summed E-state index contributed by atoms with van der Waals surface area (Å²) in [5, 5.41) is 0. The molecule has 0 fully saturated rings. The third-order valence-corrected chi connectivity index (χ3v) is 10.2. The van der Waals surface area contributed by atoms with E-state index in [9.17, 15) is 52.7 Å². The molecule has 0 aliphatic heterocycles. The Morgan fingerprint density at radius 2 is 0.667 bits per heavy atom. The summed E-state index contributed by atoms with van der Waals surface area (Å²) in [4.78, 5) is 0. The van der Waals surface area contributed by atoms with Crippen LogP contribution in [-0.2, 0) is 24.6 Å². The number of alkyl halides is 12. The van der Waals surface area contributed by atoms with Gasteiger partial charge < -0.3 is 0 Å². The third-order valence-electron chi connectivity index (χ3n) is 1.92. The van der Waals surface area contributed by atoms with E-state index < -0.39 is 49.7 Å². The predicted octanol–water partition coefficient (Wildman–Crippen LogP) is 4.43. The molecular formula is C5F12Hg. The zero-order valence-corrected chi connectivity index (χ0v) is 13.2. The van der Waals surface area contributed by atoms with Gasteiger partial charge in [-0.2, -0.15) is 0 Å². The molecule has 0 aliphatic carbocycles. The Hall–Kier alpha value is 0.0951. The van der Waals surface area contributed by atoms with Gasteiger partial charge in [-0.15, -0.1) is 0 Å². The molecule has 0 heterocycles. The standard InChI is InChI=1S/C4F9.CF3.Hg/c5-2(6,7)1(3(8,9)10)4(11,12)13;2-1(3)4;. The SMILES string of the molecule is F[C](F)(F)[Hg][C](C(F)(F)F)(C(F)(F)F)C(F)(F)F. The van der Waals surface area contributed by atoms with Crippen molar-refractivity contribution in [2.75, 3.05) is 0 Å². The minimum atomic E-state index is -7.08. The van der Waals surface area contributed by atoms with Crippen LogP contribution in [0.15, 0.2) is 0 Å². The van der Waals surface area contributed by atoms with Crippen molar-refractivity contribution in [3.8, 4) is 0 Å². The van der Waals surface area contributed by atoms with E-state index in [-0.39, 0.29) is 0 Å². The summed E-state index contributed by atoms with van der Waals surface area (Å²) in [5.41, 5.74) is 0. The van der Waals surface area contributed by atoms with Crippen molar-refractivity contribution in [1.29, 1.82) is 0 Å². The zero-order valence-electron chi connectivity index (χ0n) is 7.74. The monoisotopic (exact) mass is 490 g/mol. The van der Waals surface area contributed by atoms with Gasteiger partial charge in [-0.1, -0.05) is 0 Å². The first-order chi connectivity index (χ1) is 7.46. The maximum atomic E-state index is 12.0. The average molecular weight is 489 g/mol. The molecule has 0 aromatic rings. The molecule has 0 aromatic carbocycles. The van der Waals surface area contributed by atoms with Gasteiger partial charge in [-0.25, -0.2) is 0 Å². The van der Waals surface area contributed by atoms with E-state index in [0.717, 1.165) is 0 Å². The normalized spacial score (nSPS) is 15.6. The van der Waals surface area contributed by atoms with Crippen molar-refractivity contribution in [3.05, 3.63) is 0 Å². The van der Waals surface area contributed by atoms with Crippen molar-refractivity contribution < 1.29 is 77.3 Å². The Balaban J connectivity index is 6.10. The first-order valence-corrected chi connectivity index (χ1v) is 9.22. The van der Waals surface area contributed by atoms with Gasteiger partial charge in [-0.3, -0.25) is 0 Å². The fourth-order valence-corrected chi connectivity index (χ4v) is 5.76. The summed E-state index contributed by atoms with van der Waals surface area (Å²) < 4.78 is 131. The van der Waals surface area contributed by atoms with Gasteiger partial charge in [0, 0.05) is 0 Å². The maximum absolute atomic E-state index is 12.0. The Morgan fingerprint density at radius 1 is 0.444 bits per heavy atom. The third kappa shape index (κ3) is 3.35. The first kappa shape index (κ1) is 18.1. The van der Waals surface area contributed by atoms with Gasteiger partial charge in [0.25, 0.3) is 0 Å². The van der Waals surface area contributed by atoms with Crippen LogP contribution in [0.4, 0.5) is 52.7 Å². The van der Waals surface area contributed by atoms with E-state index in [1.165, 1.54) is 0 Å². The molecule has 13 heteroatoms. The van der Waals surface area contributed by atoms with Crippen LogP contribution in [0.1, 0.15) is 0 Å². The van der Waals surface area contributed by atoms with Crippen LogP contribution in [0.2, 0.25) is 2.92 Å². The van der Waals surface area contributed by atoms with Crippen molar-refractivity contribution in [3.63, 3.8) is 0 Å². The molecule has 0 aromatic heterocycles. The number of hydrogen-bond donors (Lipinski definition) is 0. The fourth-order valence-electron chi connectivity index (χ4n) is 1.08. The van der Waals surface area contributed by atoms with Crippen molar-refractivity contribution in [2.45, 2.75) is 25.1 Å². The predicted molar refractivity (Wildman–Crippen MR) is 26.9 cm³/mol. The molecule has 0 rings (SSSR count). The molecule has 0 N–H and O–H groups in total. The summed E-state index contributed by atoms with van der Waals surface area (Å²) in [6.45, 7) is 0. The summed E-state index contributed by atoms with van der Waals surface area (Å²) in [5.74, 6) is 0. The van der Waals surface area contributed by atoms with E-state index in [1.807, 2.05) is 0 Å². The Bertz CT molecular complexity index is 252. The topological polar surface area (TPSA) is 0 Å². The van der Waals surface area contributed by atoms with Crippen LogP contribution in [0.5, 0.6) is 0 Å². The van der Waals surface area contributed by atoms with Crippen molar-refractivity contribution in [2.24, 2.45) is 0 Å². The average Bonchev–Trinajstić information content (AvgIpc) is 1.90. The molecule has 0 saturated heterocycles. The molecule has 0 unspecified atom stereocenters. The molecule has 0 atom stereocenters. The second-order valence-corrected chi connectivity index (χ2v) is 11.8. The molecule has 0 nitrogen and oxygen atoms in total. The number of hydrogen-bond acceptors (Lipinski definition) is 0. The molecular weight excluding hydrogens is 489 g/mol. The second-order valence-electron chi connectivity index (χ2n) is 3.19. The van der Waals surface area contributed by atoms with Gasteiger partial charge in [0.15, 0.2) is 0 Å². The number of rotatable bonds is 1. The summed E-state index contributed by atoms with van der Waals surface area (Å²) in [7, 11) is 0. The summed E-state index contributed by atoms with van der Waals surface area (Å²) in [6.07, 6.45) is -21.2. The van der Waals surface area contributed by atoms with Crippen LogP contribution in [0, 0.1) is 0 Å². The fraction of sp³-hybridized carbons (Fsp3) is 1.00. The Morgan fingerprint density at radius 3 is 0.722 bits per heavy atom.